The molecule has 16 heavy (non-hydrogen) atoms. The third kappa shape index (κ3) is 2.50. The fraction of sp³-hybridized carbons (Fsp3) is 0.556. The van der Waals surface area contributed by atoms with E-state index in [1.807, 2.05) is 0 Å². The summed E-state index contributed by atoms with van der Waals surface area (Å²) in [5, 5.41) is 8.54. The number of H-pyrrole nitrogens is 1. The zero-order chi connectivity index (χ0) is 12.1. The average Bonchev–Trinajstić information content (AvgIpc) is 2.26. The topological polar surface area (TPSA) is 93.6 Å². The Labute approximate surface area is 91.2 Å². The molecule has 0 aliphatic heterocycles. The van der Waals surface area contributed by atoms with Crippen LogP contribution < -0.4 is 16.0 Å². The number of aliphatic hydroxyl groups is 1. The van der Waals surface area contributed by atoms with Gasteiger partial charge in [0.15, 0.2) is 0 Å². The summed E-state index contributed by atoms with van der Waals surface area (Å²) in [5.41, 5.74) is -0.791. The second-order valence-electron chi connectivity index (χ2n) is 3.08. The Hall–Kier alpha value is -1.60. The minimum atomic E-state index is -0.606. The maximum atomic E-state index is 11.5. The Morgan fingerprint density at radius 2 is 2.12 bits per heavy atom. The highest BCUT2D eigenvalue weighted by molar-refractivity contribution is 5.21. The smallest absolute Gasteiger partial charge is 0.333 e. The maximum absolute atomic E-state index is 11.5. The summed E-state index contributed by atoms with van der Waals surface area (Å²) in [5.74, 6) is 0.159. The summed E-state index contributed by atoms with van der Waals surface area (Å²) < 4.78 is 11.1. The molecule has 90 valence electrons. The zero-order valence-electron chi connectivity index (χ0n) is 9.15. The number of nitrogens with one attached hydrogen (secondary N) is 1. The Morgan fingerprint density at radius 3 is 2.69 bits per heavy atom. The van der Waals surface area contributed by atoms with Gasteiger partial charge in [0.2, 0.25) is 5.88 Å². The second-order valence-corrected chi connectivity index (χ2v) is 3.08. The van der Waals surface area contributed by atoms with E-state index in [0.717, 1.165) is 4.57 Å². The molecule has 0 radical (unpaired) electrons. The van der Waals surface area contributed by atoms with Crippen molar-refractivity contribution in [3.05, 3.63) is 26.4 Å². The Kier molecular flexibility index (Phi) is 4.27. The van der Waals surface area contributed by atoms with E-state index in [-0.39, 0.29) is 25.8 Å². The van der Waals surface area contributed by atoms with Crippen LogP contribution in [0.5, 0.6) is 5.88 Å². The van der Waals surface area contributed by atoms with Crippen molar-refractivity contribution in [2.75, 3.05) is 20.3 Å². The molecule has 0 unspecified atom stereocenters. The lowest BCUT2D eigenvalue weighted by molar-refractivity contribution is 0.0413. The molecule has 0 aliphatic rings. The summed E-state index contributed by atoms with van der Waals surface area (Å²) in [6.45, 7) is 1.42. The standard InChI is InChI=1S/C9H14N2O5/c1-6-7(13)10-9(14)11(8(6)15-2)5-16-4-3-12/h12H,3-5H2,1-2H3,(H,10,13,14). The molecule has 0 atom stereocenters. The van der Waals surface area contributed by atoms with Crippen molar-refractivity contribution in [1.82, 2.24) is 9.55 Å². The number of aromatic amines is 1. The van der Waals surface area contributed by atoms with Crippen LogP contribution in [0.4, 0.5) is 0 Å². The lowest BCUT2D eigenvalue weighted by atomic mass is 10.3. The van der Waals surface area contributed by atoms with Gasteiger partial charge in [-0.3, -0.25) is 9.78 Å². The van der Waals surface area contributed by atoms with Crippen molar-refractivity contribution in [2.24, 2.45) is 0 Å². The molecule has 0 saturated carbocycles. The molecule has 0 aliphatic carbocycles. The van der Waals surface area contributed by atoms with Crippen LogP contribution in [0.2, 0.25) is 0 Å². The number of aliphatic hydroxyl groups excluding tert-OH is 1. The normalized spacial score (nSPS) is 10.4. The van der Waals surface area contributed by atoms with Gasteiger partial charge in [-0.25, -0.2) is 9.36 Å². The summed E-state index contributed by atoms with van der Waals surface area (Å²) in [6, 6.07) is 0. The molecular weight excluding hydrogens is 216 g/mol. The largest absolute Gasteiger partial charge is 0.482 e. The Morgan fingerprint density at radius 1 is 1.44 bits per heavy atom. The molecule has 0 fully saturated rings. The quantitative estimate of drug-likeness (QED) is 0.621. The van der Waals surface area contributed by atoms with Crippen LogP contribution in [0.1, 0.15) is 5.56 Å². The molecule has 1 rings (SSSR count). The number of aromatic nitrogens is 2. The molecule has 1 heterocycles. The zero-order valence-corrected chi connectivity index (χ0v) is 9.15. The van der Waals surface area contributed by atoms with Crippen LogP contribution in [0.3, 0.4) is 0 Å². The average molecular weight is 230 g/mol. The third-order valence-electron chi connectivity index (χ3n) is 2.02. The first-order valence-corrected chi connectivity index (χ1v) is 4.68. The van der Waals surface area contributed by atoms with Gasteiger partial charge in [0, 0.05) is 0 Å². The van der Waals surface area contributed by atoms with Gasteiger partial charge >= 0.3 is 5.69 Å². The molecule has 1 aromatic heterocycles. The van der Waals surface area contributed by atoms with Crippen LogP contribution in [0.25, 0.3) is 0 Å². The van der Waals surface area contributed by atoms with E-state index in [2.05, 4.69) is 4.98 Å². The van der Waals surface area contributed by atoms with Gasteiger partial charge in [0.25, 0.3) is 5.56 Å². The summed E-state index contributed by atoms with van der Waals surface area (Å²) in [4.78, 5) is 24.9. The monoisotopic (exact) mass is 230 g/mol. The van der Waals surface area contributed by atoms with Crippen molar-refractivity contribution < 1.29 is 14.6 Å². The first kappa shape index (κ1) is 12.5. The molecule has 7 heteroatoms. The molecule has 0 saturated heterocycles. The number of hydrogen-bond acceptors (Lipinski definition) is 5. The molecule has 0 spiro atoms. The van der Waals surface area contributed by atoms with E-state index >= 15 is 0 Å². The summed E-state index contributed by atoms with van der Waals surface area (Å²) in [7, 11) is 1.36. The van der Waals surface area contributed by atoms with Crippen molar-refractivity contribution in [3.63, 3.8) is 0 Å². The van der Waals surface area contributed by atoms with Crippen molar-refractivity contribution in [2.45, 2.75) is 13.7 Å². The van der Waals surface area contributed by atoms with Crippen molar-refractivity contribution in [1.29, 1.82) is 0 Å². The summed E-state index contributed by atoms with van der Waals surface area (Å²) in [6.07, 6.45) is 0. The van der Waals surface area contributed by atoms with E-state index in [0.29, 0.717) is 5.56 Å². The molecule has 0 bridgehead atoms. The highest BCUT2D eigenvalue weighted by atomic mass is 16.5. The van der Waals surface area contributed by atoms with E-state index in [1.165, 1.54) is 7.11 Å². The van der Waals surface area contributed by atoms with Gasteiger partial charge in [0.05, 0.1) is 25.9 Å². The van der Waals surface area contributed by atoms with Crippen LogP contribution in [-0.2, 0) is 11.5 Å². The van der Waals surface area contributed by atoms with Gasteiger partial charge in [-0.05, 0) is 6.92 Å². The predicted octanol–water partition coefficient (Wildman–Crippen LogP) is -1.18. The van der Waals surface area contributed by atoms with Gasteiger partial charge in [0.1, 0.15) is 6.73 Å². The van der Waals surface area contributed by atoms with Crippen LogP contribution in [-0.4, -0.2) is 35.0 Å². The molecule has 7 nitrogen and oxygen atoms in total. The van der Waals surface area contributed by atoms with E-state index < -0.39 is 11.2 Å². The van der Waals surface area contributed by atoms with Gasteiger partial charge in [-0.15, -0.1) is 0 Å². The molecule has 1 aromatic rings. The summed E-state index contributed by atoms with van der Waals surface area (Å²) >= 11 is 0. The second kappa shape index (κ2) is 5.47. The van der Waals surface area contributed by atoms with Crippen LogP contribution >= 0.6 is 0 Å². The number of hydrogen-bond donors (Lipinski definition) is 2. The fourth-order valence-electron chi connectivity index (χ4n) is 1.25. The lowest BCUT2D eigenvalue weighted by Crippen LogP contribution is -2.33. The van der Waals surface area contributed by atoms with Crippen LogP contribution in [0.15, 0.2) is 9.59 Å². The molecule has 2 N–H and O–H groups in total. The van der Waals surface area contributed by atoms with E-state index in [9.17, 15) is 9.59 Å². The van der Waals surface area contributed by atoms with Gasteiger partial charge in [-0.1, -0.05) is 0 Å². The van der Waals surface area contributed by atoms with Crippen LogP contribution in [0, 0.1) is 6.92 Å². The molecule has 0 amide bonds. The van der Waals surface area contributed by atoms with E-state index in [1.54, 1.807) is 6.92 Å². The SMILES string of the molecule is COc1c(C)c(=O)[nH]c(=O)n1COCCO. The molecular formula is C9H14N2O5. The number of nitrogens with zero attached hydrogens (tertiary/aromatic N) is 1. The number of methoxy groups -OCH3 is 1. The molecule has 0 aromatic carbocycles. The minimum absolute atomic E-state index is 0.0831. The maximum Gasteiger partial charge on any atom is 0.333 e. The first-order chi connectivity index (χ1) is 7.61. The number of rotatable bonds is 5. The number of ether oxygens (including phenoxy) is 2. The van der Waals surface area contributed by atoms with Crippen molar-refractivity contribution in [3.8, 4) is 5.88 Å². The first-order valence-electron chi connectivity index (χ1n) is 4.68. The minimum Gasteiger partial charge on any atom is -0.482 e. The third-order valence-corrected chi connectivity index (χ3v) is 2.02. The highest BCUT2D eigenvalue weighted by Crippen LogP contribution is 2.09. The fourth-order valence-corrected chi connectivity index (χ4v) is 1.25. The Bertz CT molecular complexity index is 462. The highest BCUT2D eigenvalue weighted by Gasteiger charge is 2.11. The lowest BCUT2D eigenvalue weighted by Gasteiger charge is -2.12. The predicted molar refractivity (Wildman–Crippen MR) is 55.6 cm³/mol. The Balaban J connectivity index is 3.11. The van der Waals surface area contributed by atoms with Gasteiger partial charge in [-0.2, -0.15) is 0 Å². The van der Waals surface area contributed by atoms with Gasteiger partial charge < -0.3 is 14.6 Å². The van der Waals surface area contributed by atoms with E-state index in [4.69, 9.17) is 14.6 Å². The van der Waals surface area contributed by atoms with Crippen molar-refractivity contribution >= 4 is 0 Å².